The third kappa shape index (κ3) is 2.64. The predicted octanol–water partition coefficient (Wildman–Crippen LogP) is 1.99. The summed E-state index contributed by atoms with van der Waals surface area (Å²) in [5, 5.41) is 0. The van der Waals surface area contributed by atoms with Gasteiger partial charge in [-0.05, 0) is 30.7 Å². The average molecular weight is 280 g/mol. The number of nitrogens with zero attached hydrogens (tertiary/aromatic N) is 1. The molecule has 0 amide bonds. The molecule has 1 aromatic heterocycles. The van der Waals surface area contributed by atoms with E-state index < -0.39 is 10.0 Å². The van der Waals surface area contributed by atoms with Crippen molar-refractivity contribution >= 4 is 15.7 Å². The predicted molar refractivity (Wildman–Crippen MR) is 73.0 cm³/mol. The number of sulfonamides is 1. The second kappa shape index (κ2) is 5.07. The van der Waals surface area contributed by atoms with E-state index >= 15 is 0 Å². The third-order valence-electron chi connectivity index (χ3n) is 3.00. The molecule has 5 nitrogen and oxygen atoms in total. The summed E-state index contributed by atoms with van der Waals surface area (Å²) in [4.78, 5) is 0.235. The average Bonchev–Trinajstić information content (AvgIpc) is 2.85. The van der Waals surface area contributed by atoms with Gasteiger partial charge in [0.1, 0.15) is 0 Å². The molecule has 2 aromatic rings. The maximum atomic E-state index is 12.5. The zero-order chi connectivity index (χ0) is 14.0. The zero-order valence-electron chi connectivity index (χ0n) is 10.8. The van der Waals surface area contributed by atoms with Crippen molar-refractivity contribution in [2.75, 3.05) is 12.8 Å². The van der Waals surface area contributed by atoms with Gasteiger partial charge in [0, 0.05) is 24.8 Å². The molecular formula is C13H16N2O3S. The van der Waals surface area contributed by atoms with E-state index in [0.717, 1.165) is 5.56 Å². The lowest BCUT2D eigenvalue weighted by Crippen LogP contribution is -2.27. The van der Waals surface area contributed by atoms with E-state index in [0.29, 0.717) is 11.3 Å². The van der Waals surface area contributed by atoms with Gasteiger partial charge >= 0.3 is 0 Å². The molecule has 0 saturated heterocycles. The number of rotatable bonds is 4. The highest BCUT2D eigenvalue weighted by Crippen LogP contribution is 2.24. The lowest BCUT2D eigenvalue weighted by Gasteiger charge is -2.18. The van der Waals surface area contributed by atoms with Gasteiger partial charge in [0.25, 0.3) is 0 Å². The van der Waals surface area contributed by atoms with Crippen molar-refractivity contribution in [2.24, 2.45) is 0 Å². The second-order valence-electron chi connectivity index (χ2n) is 4.36. The lowest BCUT2D eigenvalue weighted by atomic mass is 10.2. The number of hydrogen-bond donors (Lipinski definition) is 1. The number of nitrogens with two attached hydrogens (primary N) is 1. The van der Waals surface area contributed by atoms with Gasteiger partial charge in [-0.3, -0.25) is 0 Å². The largest absolute Gasteiger partial charge is 0.472 e. The van der Waals surface area contributed by atoms with Gasteiger partial charge in [-0.15, -0.1) is 0 Å². The molecule has 102 valence electrons. The van der Waals surface area contributed by atoms with Crippen molar-refractivity contribution in [2.45, 2.75) is 18.4 Å². The molecule has 0 fully saturated rings. The minimum atomic E-state index is -3.56. The van der Waals surface area contributed by atoms with Gasteiger partial charge in [-0.25, -0.2) is 8.42 Å². The Morgan fingerprint density at radius 3 is 2.68 bits per heavy atom. The SMILES string of the molecule is Cc1c(N)cccc1S(=O)(=O)N(C)Cc1ccoc1. The van der Waals surface area contributed by atoms with Crippen molar-refractivity contribution in [1.82, 2.24) is 4.31 Å². The lowest BCUT2D eigenvalue weighted by molar-refractivity contribution is 0.463. The normalized spacial score (nSPS) is 11.9. The maximum Gasteiger partial charge on any atom is 0.243 e. The molecule has 0 aliphatic carbocycles. The van der Waals surface area contributed by atoms with Crippen molar-refractivity contribution in [3.05, 3.63) is 47.9 Å². The van der Waals surface area contributed by atoms with Crippen LogP contribution in [0.5, 0.6) is 0 Å². The first kappa shape index (κ1) is 13.6. The van der Waals surface area contributed by atoms with Crippen LogP contribution in [0.25, 0.3) is 0 Å². The Morgan fingerprint density at radius 2 is 2.05 bits per heavy atom. The van der Waals surface area contributed by atoms with Crippen LogP contribution in [0.1, 0.15) is 11.1 Å². The third-order valence-corrected chi connectivity index (χ3v) is 4.95. The van der Waals surface area contributed by atoms with Crippen LogP contribution in [0.4, 0.5) is 5.69 Å². The van der Waals surface area contributed by atoms with Crippen LogP contribution in [0, 0.1) is 6.92 Å². The van der Waals surface area contributed by atoms with Crippen molar-refractivity contribution < 1.29 is 12.8 Å². The number of furan rings is 1. The molecule has 0 radical (unpaired) electrons. The Kier molecular flexibility index (Phi) is 3.64. The Bertz CT molecular complexity index is 663. The first-order valence-corrected chi connectivity index (χ1v) is 7.19. The topological polar surface area (TPSA) is 76.5 Å². The summed E-state index contributed by atoms with van der Waals surface area (Å²) in [6.07, 6.45) is 3.04. The van der Waals surface area contributed by atoms with Gasteiger partial charge < -0.3 is 10.2 Å². The van der Waals surface area contributed by atoms with Gasteiger partial charge in [0.05, 0.1) is 17.4 Å². The van der Waals surface area contributed by atoms with Gasteiger partial charge in [-0.2, -0.15) is 4.31 Å². The Labute approximate surface area is 112 Å². The van der Waals surface area contributed by atoms with E-state index in [4.69, 9.17) is 10.2 Å². The molecule has 0 unspecified atom stereocenters. The fourth-order valence-corrected chi connectivity index (χ4v) is 3.21. The second-order valence-corrected chi connectivity index (χ2v) is 6.38. The van der Waals surface area contributed by atoms with Crippen LogP contribution in [0.15, 0.2) is 46.1 Å². The summed E-state index contributed by atoms with van der Waals surface area (Å²) in [5.74, 6) is 0. The highest BCUT2D eigenvalue weighted by Gasteiger charge is 2.23. The first-order valence-electron chi connectivity index (χ1n) is 5.75. The summed E-state index contributed by atoms with van der Waals surface area (Å²) in [7, 11) is -2.02. The highest BCUT2D eigenvalue weighted by molar-refractivity contribution is 7.89. The molecule has 19 heavy (non-hydrogen) atoms. The molecule has 1 heterocycles. The number of anilines is 1. The standard InChI is InChI=1S/C13H16N2O3S/c1-10-12(14)4-3-5-13(10)19(16,17)15(2)8-11-6-7-18-9-11/h3-7,9H,8,14H2,1-2H3. The van der Waals surface area contributed by atoms with E-state index in [1.54, 1.807) is 31.2 Å². The molecule has 0 spiro atoms. The Morgan fingerprint density at radius 1 is 1.32 bits per heavy atom. The Balaban J connectivity index is 2.34. The molecule has 1 aromatic carbocycles. The van der Waals surface area contributed by atoms with Gasteiger partial charge in [0.2, 0.25) is 10.0 Å². The fourth-order valence-electron chi connectivity index (χ4n) is 1.80. The monoisotopic (exact) mass is 280 g/mol. The fraction of sp³-hybridized carbons (Fsp3) is 0.231. The van der Waals surface area contributed by atoms with E-state index in [1.807, 2.05) is 0 Å². The molecular weight excluding hydrogens is 264 g/mol. The maximum absolute atomic E-state index is 12.5. The molecule has 0 saturated carbocycles. The van der Waals surface area contributed by atoms with E-state index in [-0.39, 0.29) is 11.4 Å². The van der Waals surface area contributed by atoms with Crippen LogP contribution < -0.4 is 5.73 Å². The number of hydrogen-bond acceptors (Lipinski definition) is 4. The van der Waals surface area contributed by atoms with E-state index in [1.165, 1.54) is 23.9 Å². The molecule has 0 aliphatic heterocycles. The Hall–Kier alpha value is -1.79. The summed E-state index contributed by atoms with van der Waals surface area (Å²) >= 11 is 0. The minimum Gasteiger partial charge on any atom is -0.472 e. The summed E-state index contributed by atoms with van der Waals surface area (Å²) in [5.41, 5.74) is 7.60. The first-order chi connectivity index (χ1) is 8.93. The molecule has 0 aliphatic rings. The molecule has 0 bridgehead atoms. The molecule has 0 atom stereocenters. The van der Waals surface area contributed by atoms with Crippen LogP contribution in [-0.4, -0.2) is 19.8 Å². The van der Waals surface area contributed by atoms with Crippen LogP contribution >= 0.6 is 0 Å². The van der Waals surface area contributed by atoms with Crippen LogP contribution in [0.3, 0.4) is 0 Å². The van der Waals surface area contributed by atoms with Crippen molar-refractivity contribution in [3.63, 3.8) is 0 Å². The van der Waals surface area contributed by atoms with Crippen LogP contribution in [0.2, 0.25) is 0 Å². The highest BCUT2D eigenvalue weighted by atomic mass is 32.2. The van der Waals surface area contributed by atoms with Crippen molar-refractivity contribution in [1.29, 1.82) is 0 Å². The minimum absolute atomic E-state index is 0.235. The summed E-state index contributed by atoms with van der Waals surface area (Å²) in [6, 6.07) is 6.62. The molecule has 2 N–H and O–H groups in total. The number of nitrogen functional groups attached to an aromatic ring is 1. The van der Waals surface area contributed by atoms with Gasteiger partial charge in [-0.1, -0.05) is 6.07 Å². The quantitative estimate of drug-likeness (QED) is 0.869. The molecule has 2 rings (SSSR count). The zero-order valence-corrected chi connectivity index (χ0v) is 11.6. The van der Waals surface area contributed by atoms with E-state index in [9.17, 15) is 8.42 Å². The van der Waals surface area contributed by atoms with E-state index in [2.05, 4.69) is 0 Å². The molecule has 6 heteroatoms. The smallest absolute Gasteiger partial charge is 0.243 e. The summed E-state index contributed by atoms with van der Waals surface area (Å²) in [6.45, 7) is 1.96. The van der Waals surface area contributed by atoms with Crippen molar-refractivity contribution in [3.8, 4) is 0 Å². The van der Waals surface area contributed by atoms with Gasteiger partial charge in [0.15, 0.2) is 0 Å². The van der Waals surface area contributed by atoms with Crippen LogP contribution in [-0.2, 0) is 16.6 Å². The number of benzene rings is 1. The summed E-state index contributed by atoms with van der Waals surface area (Å²) < 4.78 is 31.2.